The van der Waals surface area contributed by atoms with E-state index in [0.29, 0.717) is 55.7 Å². The molecule has 0 aliphatic rings. The molecule has 10 heteroatoms. The largest absolute Gasteiger partial charge is 0.496 e. The quantitative estimate of drug-likeness (QED) is 0.209. The first-order valence-corrected chi connectivity index (χ1v) is 13.4. The zero-order valence-corrected chi connectivity index (χ0v) is 24.8. The SMILES string of the molecule is COc1cc(-c2nccc(-c3cccc(-c4ccc(C=O)c(OC)n4)c3Cl)c2Cl)ccc1CNC(=O)OC(C)(C)C. The third-order valence-electron chi connectivity index (χ3n) is 6.05. The number of methoxy groups -OCH3 is 2. The molecule has 0 aliphatic heterocycles. The second-order valence-corrected chi connectivity index (χ2v) is 10.7. The maximum atomic E-state index is 12.1. The zero-order chi connectivity index (χ0) is 29.7. The van der Waals surface area contributed by atoms with E-state index in [0.717, 1.165) is 11.1 Å². The number of carbonyl (C=O) groups is 2. The molecule has 0 spiro atoms. The number of ether oxygens (including phenoxy) is 3. The summed E-state index contributed by atoms with van der Waals surface area (Å²) in [6.45, 7) is 5.62. The molecule has 0 saturated carbocycles. The maximum Gasteiger partial charge on any atom is 0.407 e. The summed E-state index contributed by atoms with van der Waals surface area (Å²) in [7, 11) is 3.01. The summed E-state index contributed by atoms with van der Waals surface area (Å²) in [5.41, 5.74) is 4.31. The number of hydrogen-bond acceptors (Lipinski definition) is 7. The summed E-state index contributed by atoms with van der Waals surface area (Å²) < 4.78 is 16.2. The zero-order valence-electron chi connectivity index (χ0n) is 23.2. The summed E-state index contributed by atoms with van der Waals surface area (Å²) in [5, 5.41) is 3.57. The van der Waals surface area contributed by atoms with Gasteiger partial charge in [-0.1, -0.05) is 53.5 Å². The fourth-order valence-electron chi connectivity index (χ4n) is 4.16. The number of nitrogens with zero attached hydrogens (tertiary/aromatic N) is 2. The molecule has 0 aliphatic carbocycles. The maximum absolute atomic E-state index is 12.1. The van der Waals surface area contributed by atoms with E-state index in [2.05, 4.69) is 15.3 Å². The minimum absolute atomic E-state index is 0.210. The van der Waals surface area contributed by atoms with E-state index in [4.69, 9.17) is 37.4 Å². The van der Waals surface area contributed by atoms with E-state index < -0.39 is 11.7 Å². The minimum Gasteiger partial charge on any atom is -0.496 e. The third-order valence-corrected chi connectivity index (χ3v) is 6.84. The van der Waals surface area contributed by atoms with Gasteiger partial charge in [-0.2, -0.15) is 0 Å². The van der Waals surface area contributed by atoms with E-state index in [1.165, 1.54) is 7.11 Å². The molecule has 4 aromatic rings. The van der Waals surface area contributed by atoms with Crippen molar-refractivity contribution in [2.45, 2.75) is 32.9 Å². The molecule has 2 aromatic heterocycles. The minimum atomic E-state index is -0.599. The molecule has 0 atom stereocenters. The van der Waals surface area contributed by atoms with Crippen molar-refractivity contribution >= 4 is 35.6 Å². The van der Waals surface area contributed by atoms with Crippen LogP contribution >= 0.6 is 23.2 Å². The Kier molecular flexibility index (Phi) is 9.15. The number of alkyl carbamates (subject to hydrolysis) is 1. The summed E-state index contributed by atoms with van der Waals surface area (Å²) in [5.74, 6) is 0.766. The van der Waals surface area contributed by atoms with Crippen LogP contribution in [0.4, 0.5) is 4.79 Å². The molecule has 212 valence electrons. The van der Waals surface area contributed by atoms with Gasteiger partial charge < -0.3 is 19.5 Å². The van der Waals surface area contributed by atoms with Crippen LogP contribution in [-0.2, 0) is 11.3 Å². The van der Waals surface area contributed by atoms with Gasteiger partial charge in [0.25, 0.3) is 0 Å². The molecule has 2 heterocycles. The fourth-order valence-corrected chi connectivity index (χ4v) is 4.81. The highest BCUT2D eigenvalue weighted by molar-refractivity contribution is 6.39. The molecule has 0 fully saturated rings. The lowest BCUT2D eigenvalue weighted by molar-refractivity contribution is 0.0523. The van der Waals surface area contributed by atoms with Gasteiger partial charge in [-0.3, -0.25) is 9.78 Å². The van der Waals surface area contributed by atoms with Crippen LogP contribution in [0.15, 0.2) is 60.8 Å². The van der Waals surface area contributed by atoms with E-state index in [-0.39, 0.29) is 12.4 Å². The monoisotopic (exact) mass is 593 g/mol. The van der Waals surface area contributed by atoms with Crippen LogP contribution < -0.4 is 14.8 Å². The Balaban J connectivity index is 1.68. The number of pyridine rings is 2. The van der Waals surface area contributed by atoms with Gasteiger partial charge in [-0.05, 0) is 45.0 Å². The molecule has 41 heavy (non-hydrogen) atoms. The highest BCUT2D eigenvalue weighted by Crippen LogP contribution is 2.42. The molecular weight excluding hydrogens is 565 g/mol. The Morgan fingerprint density at radius 3 is 2.37 bits per heavy atom. The molecule has 0 radical (unpaired) electrons. The van der Waals surface area contributed by atoms with E-state index in [1.807, 2.05) is 36.4 Å². The number of carbonyl (C=O) groups excluding carboxylic acids is 2. The molecule has 0 unspecified atom stereocenters. The summed E-state index contributed by atoms with van der Waals surface area (Å²) in [6.07, 6.45) is 1.82. The van der Waals surface area contributed by atoms with E-state index in [9.17, 15) is 9.59 Å². The molecule has 0 saturated heterocycles. The van der Waals surface area contributed by atoms with Crippen LogP contribution in [0.25, 0.3) is 33.6 Å². The van der Waals surface area contributed by atoms with Crippen molar-refractivity contribution in [3.05, 3.63) is 82.0 Å². The molecule has 2 aromatic carbocycles. The van der Waals surface area contributed by atoms with Crippen molar-refractivity contribution in [3.8, 4) is 45.3 Å². The van der Waals surface area contributed by atoms with Gasteiger partial charge in [0.1, 0.15) is 11.4 Å². The first-order valence-electron chi connectivity index (χ1n) is 12.6. The van der Waals surface area contributed by atoms with Crippen molar-refractivity contribution in [1.82, 2.24) is 15.3 Å². The predicted octanol–water partition coefficient (Wildman–Crippen LogP) is 7.64. The summed E-state index contributed by atoms with van der Waals surface area (Å²) >= 11 is 13.8. The molecule has 4 rings (SSSR count). The van der Waals surface area contributed by atoms with Crippen LogP contribution in [0.1, 0.15) is 36.7 Å². The summed E-state index contributed by atoms with van der Waals surface area (Å²) in [6, 6.07) is 16.2. The van der Waals surface area contributed by atoms with Gasteiger partial charge in [-0.25, -0.2) is 9.78 Å². The number of halogens is 2. The van der Waals surface area contributed by atoms with Crippen molar-refractivity contribution in [3.63, 3.8) is 0 Å². The van der Waals surface area contributed by atoms with Crippen LogP contribution in [0, 0.1) is 0 Å². The predicted molar refractivity (Wildman–Crippen MR) is 160 cm³/mol. The van der Waals surface area contributed by atoms with Gasteiger partial charge in [0, 0.05) is 40.6 Å². The Hall–Kier alpha value is -4.14. The van der Waals surface area contributed by atoms with Gasteiger partial charge in [-0.15, -0.1) is 0 Å². The smallest absolute Gasteiger partial charge is 0.407 e. The average Bonchev–Trinajstić information content (AvgIpc) is 2.95. The first-order chi connectivity index (χ1) is 19.6. The van der Waals surface area contributed by atoms with Crippen LogP contribution in [-0.4, -0.2) is 42.2 Å². The van der Waals surface area contributed by atoms with Crippen LogP contribution in [0.2, 0.25) is 10.0 Å². The number of amides is 1. The van der Waals surface area contributed by atoms with Gasteiger partial charge in [0.05, 0.1) is 41.2 Å². The number of hydrogen-bond donors (Lipinski definition) is 1. The van der Waals surface area contributed by atoms with Crippen LogP contribution in [0.5, 0.6) is 11.6 Å². The Morgan fingerprint density at radius 1 is 0.951 bits per heavy atom. The summed E-state index contributed by atoms with van der Waals surface area (Å²) in [4.78, 5) is 32.4. The second kappa shape index (κ2) is 12.6. The highest BCUT2D eigenvalue weighted by atomic mass is 35.5. The normalized spacial score (nSPS) is 11.1. The second-order valence-electron chi connectivity index (χ2n) is 9.98. The van der Waals surface area contributed by atoms with Gasteiger partial charge in [0.2, 0.25) is 5.88 Å². The fraction of sp³-hybridized carbons (Fsp3) is 0.226. The number of nitrogens with one attached hydrogen (secondary N) is 1. The Bertz CT molecular complexity index is 1600. The number of benzene rings is 2. The van der Waals surface area contributed by atoms with Crippen molar-refractivity contribution in [2.75, 3.05) is 14.2 Å². The molecular formula is C31H29Cl2N3O5. The molecule has 0 bridgehead atoms. The van der Waals surface area contributed by atoms with Crippen molar-refractivity contribution < 1.29 is 23.8 Å². The standard InChI is InChI=1S/C31H29Cl2N3O5/c1-31(2,3)41-30(38)35-16-19-10-9-18(15-25(19)39-4)28-27(33)22(13-14-34-28)21-7-6-8-23(26(21)32)24-12-11-20(17-37)29(36-24)40-5/h6-15,17H,16H2,1-5H3,(H,35,38). The lowest BCUT2D eigenvalue weighted by Gasteiger charge is -2.20. The van der Waals surface area contributed by atoms with E-state index in [1.54, 1.807) is 52.3 Å². The molecule has 1 amide bonds. The number of rotatable bonds is 8. The number of aldehydes is 1. The van der Waals surface area contributed by atoms with Gasteiger partial charge in [0.15, 0.2) is 6.29 Å². The lowest BCUT2D eigenvalue weighted by atomic mass is 9.99. The van der Waals surface area contributed by atoms with E-state index >= 15 is 0 Å². The molecule has 1 N–H and O–H groups in total. The topological polar surface area (TPSA) is 99.6 Å². The van der Waals surface area contributed by atoms with Crippen LogP contribution in [0.3, 0.4) is 0 Å². The van der Waals surface area contributed by atoms with Gasteiger partial charge >= 0.3 is 6.09 Å². The number of aromatic nitrogens is 2. The van der Waals surface area contributed by atoms with Crippen molar-refractivity contribution in [2.24, 2.45) is 0 Å². The average molecular weight is 594 g/mol. The third kappa shape index (κ3) is 6.78. The Morgan fingerprint density at radius 2 is 1.68 bits per heavy atom. The first kappa shape index (κ1) is 29.8. The highest BCUT2D eigenvalue weighted by Gasteiger charge is 2.19. The van der Waals surface area contributed by atoms with Crippen molar-refractivity contribution in [1.29, 1.82) is 0 Å². The lowest BCUT2D eigenvalue weighted by Crippen LogP contribution is -2.32. The Labute approximate surface area is 248 Å². The molecule has 8 nitrogen and oxygen atoms in total.